The summed E-state index contributed by atoms with van der Waals surface area (Å²) >= 11 is 0. The smallest absolute Gasteiger partial charge is 0.0366 e. The monoisotopic (exact) mass is 309 g/mol. The van der Waals surface area contributed by atoms with Crippen LogP contribution in [-0.2, 0) is 0 Å². The number of anilines is 1. The van der Waals surface area contributed by atoms with Crippen molar-refractivity contribution in [3.8, 4) is 0 Å². The van der Waals surface area contributed by atoms with E-state index in [1.54, 1.807) is 0 Å². The van der Waals surface area contributed by atoms with Gasteiger partial charge in [0.2, 0.25) is 0 Å². The van der Waals surface area contributed by atoms with Crippen LogP contribution in [0.4, 0.5) is 5.69 Å². The second-order valence-corrected chi connectivity index (χ2v) is 6.17. The Hall–Kier alpha value is -0.770. The van der Waals surface area contributed by atoms with Gasteiger partial charge in [-0.05, 0) is 56.9 Å². The molecule has 1 aromatic rings. The van der Waals surface area contributed by atoms with Crippen LogP contribution in [0.3, 0.4) is 0 Å². The van der Waals surface area contributed by atoms with E-state index in [0.717, 1.165) is 5.92 Å². The highest BCUT2D eigenvalue weighted by Gasteiger charge is 2.19. The van der Waals surface area contributed by atoms with Crippen LogP contribution in [-0.4, -0.2) is 50.7 Å². The highest BCUT2D eigenvalue weighted by Crippen LogP contribution is 2.18. The molecule has 3 nitrogen and oxygen atoms in total. The Bertz CT molecular complexity index is 392. The maximum absolute atomic E-state index is 3.47. The van der Waals surface area contributed by atoms with Crippen molar-refractivity contribution in [2.75, 3.05) is 50.7 Å². The Morgan fingerprint density at radius 2 is 1.71 bits per heavy atom. The first-order valence-corrected chi connectivity index (χ1v) is 8.15. The van der Waals surface area contributed by atoms with Crippen LogP contribution in [0.5, 0.6) is 0 Å². The molecule has 0 bridgehead atoms. The summed E-state index contributed by atoms with van der Waals surface area (Å²) in [6.45, 7) is 8.61. The van der Waals surface area contributed by atoms with Crippen molar-refractivity contribution in [1.29, 1.82) is 0 Å². The van der Waals surface area contributed by atoms with E-state index in [4.69, 9.17) is 0 Å². The minimum absolute atomic E-state index is 0. The van der Waals surface area contributed by atoms with Gasteiger partial charge in [0, 0.05) is 31.9 Å². The van der Waals surface area contributed by atoms with E-state index in [-0.39, 0.29) is 12.4 Å². The van der Waals surface area contributed by atoms with E-state index in [1.165, 1.54) is 70.8 Å². The van der Waals surface area contributed by atoms with Crippen molar-refractivity contribution >= 4 is 18.1 Å². The molecule has 0 radical (unpaired) electrons. The van der Waals surface area contributed by atoms with Crippen molar-refractivity contribution in [3.63, 3.8) is 0 Å². The lowest BCUT2D eigenvalue weighted by Gasteiger charge is -2.29. The van der Waals surface area contributed by atoms with E-state index in [2.05, 4.69) is 45.4 Å². The minimum atomic E-state index is 0. The molecule has 3 rings (SSSR count). The second kappa shape index (κ2) is 8.62. The highest BCUT2D eigenvalue weighted by molar-refractivity contribution is 5.85. The van der Waals surface area contributed by atoms with Crippen molar-refractivity contribution in [2.24, 2.45) is 5.92 Å². The Labute approximate surface area is 135 Å². The third-order valence-corrected chi connectivity index (χ3v) is 4.68. The van der Waals surface area contributed by atoms with Crippen LogP contribution >= 0.6 is 12.4 Å². The van der Waals surface area contributed by atoms with Gasteiger partial charge in [-0.15, -0.1) is 12.4 Å². The summed E-state index contributed by atoms with van der Waals surface area (Å²) in [7, 11) is 0. The molecular formula is C17H28ClN3. The first kappa shape index (κ1) is 16.6. The molecule has 4 heteroatoms. The van der Waals surface area contributed by atoms with E-state index in [9.17, 15) is 0 Å². The maximum atomic E-state index is 3.47. The van der Waals surface area contributed by atoms with Gasteiger partial charge in [0.05, 0.1) is 0 Å². The van der Waals surface area contributed by atoms with Gasteiger partial charge in [0.1, 0.15) is 0 Å². The Kier molecular flexibility index (Phi) is 6.81. The van der Waals surface area contributed by atoms with Gasteiger partial charge in [-0.25, -0.2) is 0 Å². The molecule has 1 N–H and O–H groups in total. The molecule has 2 fully saturated rings. The van der Waals surface area contributed by atoms with E-state index in [0.29, 0.717) is 0 Å². The molecule has 0 aromatic heterocycles. The molecule has 0 spiro atoms. The van der Waals surface area contributed by atoms with Crippen molar-refractivity contribution in [1.82, 2.24) is 10.2 Å². The molecule has 21 heavy (non-hydrogen) atoms. The van der Waals surface area contributed by atoms with Gasteiger partial charge in [-0.1, -0.05) is 18.2 Å². The molecule has 2 aliphatic rings. The second-order valence-electron chi connectivity index (χ2n) is 6.17. The van der Waals surface area contributed by atoms with Crippen LogP contribution in [0.1, 0.15) is 19.3 Å². The van der Waals surface area contributed by atoms with E-state index < -0.39 is 0 Å². The van der Waals surface area contributed by atoms with Crippen molar-refractivity contribution in [3.05, 3.63) is 30.3 Å². The molecule has 1 aromatic carbocycles. The SMILES string of the molecule is Cl.c1ccc(N2CCCN(CC3CCNCC3)CC2)cc1. The highest BCUT2D eigenvalue weighted by atomic mass is 35.5. The standard InChI is InChI=1S/C17H27N3.ClH/c1-2-5-17(6-3-1)20-12-4-11-19(13-14-20)15-16-7-9-18-10-8-16;/h1-3,5-6,16,18H,4,7-15H2;1H. The summed E-state index contributed by atoms with van der Waals surface area (Å²) in [5, 5.41) is 3.47. The van der Waals surface area contributed by atoms with Crippen LogP contribution in [0.2, 0.25) is 0 Å². The number of rotatable bonds is 3. The summed E-state index contributed by atoms with van der Waals surface area (Å²) in [6.07, 6.45) is 4.01. The van der Waals surface area contributed by atoms with Crippen LogP contribution in [0.15, 0.2) is 30.3 Å². The van der Waals surface area contributed by atoms with Gasteiger partial charge >= 0.3 is 0 Å². The van der Waals surface area contributed by atoms with Gasteiger partial charge in [0.15, 0.2) is 0 Å². The summed E-state index contributed by atoms with van der Waals surface area (Å²) in [5.41, 5.74) is 1.39. The number of benzene rings is 1. The van der Waals surface area contributed by atoms with Crippen LogP contribution in [0, 0.1) is 5.92 Å². The van der Waals surface area contributed by atoms with Crippen LogP contribution < -0.4 is 10.2 Å². The summed E-state index contributed by atoms with van der Waals surface area (Å²) in [6, 6.07) is 10.9. The molecule has 0 unspecified atom stereocenters. The number of piperidine rings is 1. The first-order chi connectivity index (χ1) is 9.92. The number of nitrogens with zero attached hydrogens (tertiary/aromatic N) is 2. The average Bonchev–Trinajstić information content (AvgIpc) is 2.75. The number of nitrogens with one attached hydrogen (secondary N) is 1. The molecule has 0 amide bonds. The topological polar surface area (TPSA) is 18.5 Å². The number of para-hydroxylation sites is 1. The number of hydrogen-bond acceptors (Lipinski definition) is 3. The Morgan fingerprint density at radius 1 is 0.952 bits per heavy atom. The predicted molar refractivity (Wildman–Crippen MR) is 92.6 cm³/mol. The quantitative estimate of drug-likeness (QED) is 0.926. The molecule has 0 saturated carbocycles. The van der Waals surface area contributed by atoms with Crippen molar-refractivity contribution < 1.29 is 0 Å². The molecule has 118 valence electrons. The summed E-state index contributed by atoms with van der Waals surface area (Å²) in [4.78, 5) is 5.24. The average molecular weight is 310 g/mol. The normalized spacial score (nSPS) is 21.6. The Morgan fingerprint density at radius 3 is 2.48 bits per heavy atom. The largest absolute Gasteiger partial charge is 0.370 e. The first-order valence-electron chi connectivity index (χ1n) is 8.15. The molecule has 2 heterocycles. The van der Waals surface area contributed by atoms with Crippen LogP contribution in [0.25, 0.3) is 0 Å². The minimum Gasteiger partial charge on any atom is -0.370 e. The van der Waals surface area contributed by atoms with Gasteiger partial charge in [-0.3, -0.25) is 0 Å². The fourth-order valence-electron chi connectivity index (χ4n) is 3.48. The van der Waals surface area contributed by atoms with Crippen molar-refractivity contribution in [2.45, 2.75) is 19.3 Å². The zero-order valence-corrected chi connectivity index (χ0v) is 13.7. The maximum Gasteiger partial charge on any atom is 0.0366 e. The predicted octanol–water partition coefficient (Wildman–Crippen LogP) is 2.62. The van der Waals surface area contributed by atoms with E-state index in [1.807, 2.05) is 0 Å². The number of hydrogen-bond donors (Lipinski definition) is 1. The third kappa shape index (κ3) is 4.87. The lowest BCUT2D eigenvalue weighted by Crippen LogP contribution is -2.38. The Balaban J connectivity index is 0.00000161. The van der Waals surface area contributed by atoms with Gasteiger partial charge in [-0.2, -0.15) is 0 Å². The fourth-order valence-corrected chi connectivity index (χ4v) is 3.48. The summed E-state index contributed by atoms with van der Waals surface area (Å²) in [5.74, 6) is 0.916. The molecule has 2 aliphatic heterocycles. The summed E-state index contributed by atoms with van der Waals surface area (Å²) < 4.78 is 0. The van der Waals surface area contributed by atoms with Gasteiger partial charge < -0.3 is 15.1 Å². The third-order valence-electron chi connectivity index (χ3n) is 4.68. The fraction of sp³-hybridized carbons (Fsp3) is 0.647. The van der Waals surface area contributed by atoms with E-state index >= 15 is 0 Å². The number of halogens is 1. The molecule has 2 saturated heterocycles. The molecule has 0 atom stereocenters. The lowest BCUT2D eigenvalue weighted by molar-refractivity contribution is 0.216. The zero-order valence-electron chi connectivity index (χ0n) is 12.8. The zero-order chi connectivity index (χ0) is 13.6. The lowest BCUT2D eigenvalue weighted by atomic mass is 9.97. The van der Waals surface area contributed by atoms with Gasteiger partial charge in [0.25, 0.3) is 0 Å². The molecule has 0 aliphatic carbocycles. The molecular weight excluding hydrogens is 282 g/mol.